The van der Waals surface area contributed by atoms with Gasteiger partial charge in [-0.15, -0.1) is 11.3 Å². The summed E-state index contributed by atoms with van der Waals surface area (Å²) in [6.07, 6.45) is 0. The average molecular weight is 306 g/mol. The van der Waals surface area contributed by atoms with E-state index in [9.17, 15) is 4.79 Å². The van der Waals surface area contributed by atoms with Crippen LogP contribution in [-0.4, -0.2) is 25.2 Å². The molecule has 0 radical (unpaired) electrons. The number of thiophene rings is 1. The molecule has 2 rings (SSSR count). The molecule has 1 unspecified atom stereocenters. The van der Waals surface area contributed by atoms with Gasteiger partial charge in [0.2, 0.25) is 0 Å². The Labute approximate surface area is 129 Å². The maximum atomic E-state index is 12.4. The summed E-state index contributed by atoms with van der Waals surface area (Å²) in [6, 6.07) is 7.61. The van der Waals surface area contributed by atoms with Gasteiger partial charge in [-0.25, -0.2) is 0 Å². The number of amides is 1. The Morgan fingerprint density at radius 2 is 2.14 bits per heavy atom. The third-order valence-corrected chi connectivity index (χ3v) is 4.50. The van der Waals surface area contributed by atoms with Crippen molar-refractivity contribution in [2.24, 2.45) is 5.92 Å². The first-order valence-corrected chi connectivity index (χ1v) is 8.00. The van der Waals surface area contributed by atoms with Gasteiger partial charge in [0.25, 0.3) is 5.91 Å². The van der Waals surface area contributed by atoms with E-state index in [1.165, 1.54) is 11.3 Å². The maximum Gasteiger partial charge on any atom is 0.261 e. The Bertz CT molecular complexity index is 622. The van der Waals surface area contributed by atoms with Crippen molar-refractivity contribution >= 4 is 33.0 Å². The number of ether oxygens (including phenoxy) is 1. The second-order valence-electron chi connectivity index (χ2n) is 5.39. The number of carbonyl (C=O) groups is 1. The van der Waals surface area contributed by atoms with Gasteiger partial charge >= 0.3 is 0 Å². The maximum absolute atomic E-state index is 12.4. The minimum absolute atomic E-state index is 0.0210. The van der Waals surface area contributed by atoms with Crippen molar-refractivity contribution in [3.63, 3.8) is 0 Å². The molecule has 0 fully saturated rings. The molecule has 1 atom stereocenters. The zero-order valence-corrected chi connectivity index (χ0v) is 13.5. The average Bonchev–Trinajstić information content (AvgIpc) is 2.85. The van der Waals surface area contributed by atoms with Gasteiger partial charge in [-0.05, 0) is 42.5 Å². The van der Waals surface area contributed by atoms with E-state index in [2.05, 4.69) is 19.2 Å². The first-order valence-electron chi connectivity index (χ1n) is 7.19. The topological polar surface area (TPSA) is 64.3 Å². The molecule has 0 aliphatic heterocycles. The number of nitrogens with one attached hydrogen (secondary N) is 1. The van der Waals surface area contributed by atoms with Crippen molar-refractivity contribution in [1.29, 1.82) is 0 Å². The SMILES string of the molecule is CCOCC(NC(=O)c1cc2cc(N)ccc2s1)C(C)C. The molecule has 4 nitrogen and oxygen atoms in total. The molecular formula is C16H22N2O2S. The summed E-state index contributed by atoms with van der Waals surface area (Å²) in [7, 11) is 0. The van der Waals surface area contributed by atoms with E-state index >= 15 is 0 Å². The number of fused-ring (bicyclic) bond motifs is 1. The van der Waals surface area contributed by atoms with Gasteiger partial charge in [-0.3, -0.25) is 4.79 Å². The van der Waals surface area contributed by atoms with Gasteiger partial charge in [0.05, 0.1) is 17.5 Å². The summed E-state index contributed by atoms with van der Waals surface area (Å²) >= 11 is 1.48. The minimum Gasteiger partial charge on any atom is -0.399 e. The van der Waals surface area contributed by atoms with Crippen molar-refractivity contribution in [1.82, 2.24) is 5.32 Å². The van der Waals surface area contributed by atoms with Crippen LogP contribution < -0.4 is 11.1 Å². The first kappa shape index (κ1) is 15.8. The van der Waals surface area contributed by atoms with Crippen LogP contribution in [-0.2, 0) is 4.74 Å². The van der Waals surface area contributed by atoms with Crippen LogP contribution in [0.2, 0.25) is 0 Å². The smallest absolute Gasteiger partial charge is 0.261 e. The van der Waals surface area contributed by atoms with Crippen molar-refractivity contribution in [2.75, 3.05) is 18.9 Å². The Hall–Kier alpha value is -1.59. The van der Waals surface area contributed by atoms with Crippen LogP contribution in [0.3, 0.4) is 0 Å². The van der Waals surface area contributed by atoms with Gasteiger partial charge in [0.15, 0.2) is 0 Å². The molecule has 1 amide bonds. The van der Waals surface area contributed by atoms with Crippen molar-refractivity contribution in [3.05, 3.63) is 29.1 Å². The lowest BCUT2D eigenvalue weighted by atomic mass is 10.1. The van der Waals surface area contributed by atoms with Crippen LogP contribution >= 0.6 is 11.3 Å². The molecule has 0 bridgehead atoms. The highest BCUT2D eigenvalue weighted by atomic mass is 32.1. The molecule has 2 aromatic rings. The summed E-state index contributed by atoms with van der Waals surface area (Å²) in [4.78, 5) is 13.1. The molecular weight excluding hydrogens is 284 g/mol. The quantitative estimate of drug-likeness (QED) is 0.805. The fourth-order valence-corrected chi connectivity index (χ4v) is 3.01. The number of hydrogen-bond donors (Lipinski definition) is 2. The second kappa shape index (κ2) is 6.91. The van der Waals surface area contributed by atoms with E-state index in [1.54, 1.807) is 0 Å². The van der Waals surface area contributed by atoms with Crippen LogP contribution in [0.5, 0.6) is 0 Å². The van der Waals surface area contributed by atoms with Gasteiger partial charge in [0.1, 0.15) is 0 Å². The summed E-state index contributed by atoms with van der Waals surface area (Å²) in [6.45, 7) is 7.31. The second-order valence-corrected chi connectivity index (χ2v) is 6.48. The zero-order chi connectivity index (χ0) is 15.4. The Morgan fingerprint density at radius 3 is 2.81 bits per heavy atom. The highest BCUT2D eigenvalue weighted by Crippen LogP contribution is 2.27. The first-order chi connectivity index (χ1) is 10.0. The van der Waals surface area contributed by atoms with E-state index in [1.807, 2.05) is 31.2 Å². The molecule has 5 heteroatoms. The molecule has 1 aromatic heterocycles. The number of benzene rings is 1. The number of carbonyl (C=O) groups excluding carboxylic acids is 1. The van der Waals surface area contributed by atoms with Crippen LogP contribution in [0.25, 0.3) is 10.1 Å². The van der Waals surface area contributed by atoms with E-state index < -0.39 is 0 Å². The molecule has 21 heavy (non-hydrogen) atoms. The summed E-state index contributed by atoms with van der Waals surface area (Å²) < 4.78 is 6.51. The van der Waals surface area contributed by atoms with E-state index in [0.29, 0.717) is 29.7 Å². The molecule has 1 aromatic carbocycles. The summed E-state index contributed by atoms with van der Waals surface area (Å²) in [5.74, 6) is 0.277. The summed E-state index contributed by atoms with van der Waals surface area (Å²) in [5, 5.41) is 4.07. The molecule has 0 aliphatic carbocycles. The van der Waals surface area contributed by atoms with Crippen LogP contribution in [0.1, 0.15) is 30.4 Å². The van der Waals surface area contributed by atoms with E-state index in [0.717, 1.165) is 10.1 Å². The highest BCUT2D eigenvalue weighted by Gasteiger charge is 2.18. The van der Waals surface area contributed by atoms with Crippen molar-refractivity contribution in [2.45, 2.75) is 26.8 Å². The zero-order valence-electron chi connectivity index (χ0n) is 12.7. The predicted molar refractivity (Wildman–Crippen MR) is 88.8 cm³/mol. The molecule has 114 valence electrons. The molecule has 0 aliphatic rings. The number of rotatable bonds is 6. The molecule has 0 spiro atoms. The number of nitrogens with two attached hydrogens (primary N) is 1. The van der Waals surface area contributed by atoms with E-state index in [4.69, 9.17) is 10.5 Å². The number of nitrogen functional groups attached to an aromatic ring is 1. The van der Waals surface area contributed by atoms with Crippen LogP contribution in [0.15, 0.2) is 24.3 Å². The highest BCUT2D eigenvalue weighted by molar-refractivity contribution is 7.20. The van der Waals surface area contributed by atoms with Gasteiger partial charge in [-0.1, -0.05) is 13.8 Å². The normalized spacial score (nSPS) is 12.8. The predicted octanol–water partition coefficient (Wildman–Crippen LogP) is 3.27. The fourth-order valence-electron chi connectivity index (χ4n) is 2.06. The van der Waals surface area contributed by atoms with Gasteiger partial charge in [0, 0.05) is 17.0 Å². The Balaban J connectivity index is 2.13. The van der Waals surface area contributed by atoms with E-state index in [-0.39, 0.29) is 11.9 Å². The lowest BCUT2D eigenvalue weighted by Gasteiger charge is -2.21. The monoisotopic (exact) mass is 306 g/mol. The lowest BCUT2D eigenvalue weighted by Crippen LogP contribution is -2.41. The summed E-state index contributed by atoms with van der Waals surface area (Å²) in [5.41, 5.74) is 6.48. The molecule has 1 heterocycles. The number of anilines is 1. The standard InChI is InChI=1S/C16H22N2O2S/c1-4-20-9-13(10(2)3)18-16(19)15-8-11-7-12(17)5-6-14(11)21-15/h5-8,10,13H,4,9,17H2,1-3H3,(H,18,19). The third kappa shape index (κ3) is 3.95. The molecule has 0 saturated heterocycles. The largest absolute Gasteiger partial charge is 0.399 e. The fraction of sp³-hybridized carbons (Fsp3) is 0.438. The third-order valence-electron chi connectivity index (χ3n) is 3.39. The molecule has 3 N–H and O–H groups in total. The van der Waals surface area contributed by atoms with Crippen molar-refractivity contribution in [3.8, 4) is 0 Å². The lowest BCUT2D eigenvalue weighted by molar-refractivity contribution is 0.0809. The van der Waals surface area contributed by atoms with Crippen molar-refractivity contribution < 1.29 is 9.53 Å². The van der Waals surface area contributed by atoms with Crippen LogP contribution in [0, 0.1) is 5.92 Å². The molecule has 0 saturated carbocycles. The van der Waals surface area contributed by atoms with Crippen LogP contribution in [0.4, 0.5) is 5.69 Å². The minimum atomic E-state index is -0.0480. The van der Waals surface area contributed by atoms with Gasteiger partial charge < -0.3 is 15.8 Å². The number of hydrogen-bond acceptors (Lipinski definition) is 4. The Kier molecular flexibility index (Phi) is 5.20. The Morgan fingerprint density at radius 1 is 1.38 bits per heavy atom. The van der Waals surface area contributed by atoms with Gasteiger partial charge in [-0.2, -0.15) is 0 Å².